The number of ether oxygens (including phenoxy) is 1. The number of benzene rings is 2. The zero-order valence-electron chi connectivity index (χ0n) is 14.1. The maximum Gasteiger partial charge on any atom is 0.276 e. The largest absolute Gasteiger partial charge is 0.484 e. The van der Waals surface area contributed by atoms with Crippen molar-refractivity contribution in [3.05, 3.63) is 75.0 Å². The number of para-hydroxylation sites is 1. The fourth-order valence-corrected chi connectivity index (χ4v) is 3.05. The number of nitrogens with zero attached hydrogens (tertiary/aromatic N) is 3. The lowest BCUT2D eigenvalue weighted by molar-refractivity contribution is -0.394. The Labute approximate surface area is 161 Å². The van der Waals surface area contributed by atoms with E-state index in [2.05, 4.69) is 10.3 Å². The number of carbonyl (C=O) groups is 1. The molecule has 1 N–H and O–H groups in total. The smallest absolute Gasteiger partial charge is 0.276 e. The molecule has 0 bridgehead atoms. The summed E-state index contributed by atoms with van der Waals surface area (Å²) in [5, 5.41) is 24.8. The molecule has 28 heavy (non-hydrogen) atoms. The van der Waals surface area contributed by atoms with Crippen molar-refractivity contribution >= 4 is 33.8 Å². The first-order valence-corrected chi connectivity index (χ1v) is 8.62. The van der Waals surface area contributed by atoms with Gasteiger partial charge in [0.15, 0.2) is 11.7 Å². The van der Waals surface area contributed by atoms with E-state index in [9.17, 15) is 25.0 Å². The van der Waals surface area contributed by atoms with Crippen LogP contribution in [0.15, 0.2) is 54.7 Å². The van der Waals surface area contributed by atoms with Crippen LogP contribution in [0.1, 0.15) is 0 Å². The van der Waals surface area contributed by atoms with Gasteiger partial charge in [-0.05, 0) is 12.1 Å². The number of hydrogen-bond acceptors (Lipinski definition) is 8. The Morgan fingerprint density at radius 3 is 2.32 bits per heavy atom. The zero-order chi connectivity index (χ0) is 20.1. The van der Waals surface area contributed by atoms with Crippen molar-refractivity contribution < 1.29 is 19.4 Å². The highest BCUT2D eigenvalue weighted by molar-refractivity contribution is 7.19. The topological polar surface area (TPSA) is 138 Å². The Morgan fingerprint density at radius 1 is 1.07 bits per heavy atom. The lowest BCUT2D eigenvalue weighted by Gasteiger charge is -2.05. The van der Waals surface area contributed by atoms with Gasteiger partial charge in [-0.25, -0.2) is 4.98 Å². The van der Waals surface area contributed by atoms with E-state index in [1.165, 1.54) is 18.3 Å². The third-order valence-electron chi connectivity index (χ3n) is 3.47. The summed E-state index contributed by atoms with van der Waals surface area (Å²) in [6.07, 6.45) is 1.38. The number of hydrogen-bond donors (Lipinski definition) is 1. The summed E-state index contributed by atoms with van der Waals surface area (Å²) in [7, 11) is 0. The van der Waals surface area contributed by atoms with Crippen LogP contribution < -0.4 is 10.1 Å². The normalized spacial score (nSPS) is 10.3. The van der Waals surface area contributed by atoms with Crippen molar-refractivity contribution in [1.82, 2.24) is 4.98 Å². The molecule has 11 heteroatoms. The van der Waals surface area contributed by atoms with Crippen molar-refractivity contribution in [1.29, 1.82) is 0 Å². The summed E-state index contributed by atoms with van der Waals surface area (Å²) >= 11 is 1.03. The third kappa shape index (κ3) is 4.65. The van der Waals surface area contributed by atoms with Crippen LogP contribution in [0.3, 0.4) is 0 Å². The maximum absolute atomic E-state index is 12.0. The van der Waals surface area contributed by atoms with Gasteiger partial charge < -0.3 is 4.74 Å². The van der Waals surface area contributed by atoms with Gasteiger partial charge in [-0.1, -0.05) is 29.5 Å². The first kappa shape index (κ1) is 18.9. The Bertz CT molecular complexity index is 1000. The second-order valence-electron chi connectivity index (χ2n) is 5.43. The molecular formula is C17H12N4O6S. The molecule has 3 rings (SSSR count). The van der Waals surface area contributed by atoms with Crippen molar-refractivity contribution in [2.45, 2.75) is 0 Å². The highest BCUT2D eigenvalue weighted by Crippen LogP contribution is 2.34. The van der Waals surface area contributed by atoms with Crippen molar-refractivity contribution in [3.8, 4) is 16.2 Å². The van der Waals surface area contributed by atoms with Crippen LogP contribution in [0.25, 0.3) is 10.4 Å². The van der Waals surface area contributed by atoms with Gasteiger partial charge in [0, 0.05) is 23.9 Å². The van der Waals surface area contributed by atoms with Gasteiger partial charge in [-0.15, -0.1) is 0 Å². The Kier molecular flexibility index (Phi) is 5.56. The number of aromatic nitrogens is 1. The van der Waals surface area contributed by atoms with Gasteiger partial charge in [0.1, 0.15) is 5.75 Å². The minimum absolute atomic E-state index is 0.221. The van der Waals surface area contributed by atoms with Crippen LogP contribution >= 0.6 is 11.3 Å². The molecule has 0 aliphatic carbocycles. The van der Waals surface area contributed by atoms with E-state index in [1.54, 1.807) is 24.3 Å². The quantitative estimate of drug-likeness (QED) is 0.472. The Hall–Kier alpha value is -3.86. The number of nitro groups is 2. The summed E-state index contributed by atoms with van der Waals surface area (Å²) in [5.41, 5.74) is -0.543. The van der Waals surface area contributed by atoms with E-state index in [0.717, 1.165) is 17.4 Å². The number of anilines is 1. The first-order valence-electron chi connectivity index (χ1n) is 7.80. The van der Waals surface area contributed by atoms with E-state index >= 15 is 0 Å². The summed E-state index contributed by atoms with van der Waals surface area (Å²) < 4.78 is 5.33. The lowest BCUT2D eigenvalue weighted by Crippen LogP contribution is -2.19. The second kappa shape index (κ2) is 8.22. The van der Waals surface area contributed by atoms with E-state index in [-0.39, 0.29) is 17.3 Å². The standard InChI is InChI=1S/C17H12N4O6S/c22-16(10-27-14-4-2-1-3-5-14)19-17-18-9-15(28-17)11-6-12(20(23)24)8-13(7-11)21(25)26/h1-9H,10H2,(H,18,19,22). The molecule has 0 aliphatic heterocycles. The van der Waals surface area contributed by atoms with Crippen LogP contribution in [0.2, 0.25) is 0 Å². The predicted molar refractivity (Wildman–Crippen MR) is 101 cm³/mol. The van der Waals surface area contributed by atoms with Crippen LogP contribution in [0.4, 0.5) is 16.5 Å². The third-order valence-corrected chi connectivity index (χ3v) is 4.44. The summed E-state index contributed by atoms with van der Waals surface area (Å²) in [6, 6.07) is 12.1. The number of thiazole rings is 1. The molecule has 0 spiro atoms. The van der Waals surface area contributed by atoms with Crippen LogP contribution in [-0.4, -0.2) is 27.3 Å². The van der Waals surface area contributed by atoms with Crippen molar-refractivity contribution in [2.24, 2.45) is 0 Å². The van der Waals surface area contributed by atoms with Gasteiger partial charge in [0.2, 0.25) is 0 Å². The van der Waals surface area contributed by atoms with Crippen molar-refractivity contribution in [2.75, 3.05) is 11.9 Å². The number of nitro benzene ring substituents is 2. The SMILES string of the molecule is O=C(COc1ccccc1)Nc1ncc(-c2cc([N+](=O)[O-])cc([N+](=O)[O-])c2)s1. The fraction of sp³-hybridized carbons (Fsp3) is 0.0588. The van der Waals surface area contributed by atoms with E-state index in [1.807, 2.05) is 6.07 Å². The average molecular weight is 400 g/mol. The fourth-order valence-electron chi connectivity index (χ4n) is 2.23. The van der Waals surface area contributed by atoms with Gasteiger partial charge in [0.25, 0.3) is 17.3 Å². The van der Waals surface area contributed by atoms with Crippen LogP contribution in [0, 0.1) is 20.2 Å². The Morgan fingerprint density at radius 2 is 1.71 bits per heavy atom. The minimum atomic E-state index is -0.707. The molecule has 2 aromatic carbocycles. The maximum atomic E-state index is 12.0. The van der Waals surface area contributed by atoms with Gasteiger partial charge in [-0.2, -0.15) is 0 Å². The number of rotatable bonds is 7. The number of nitrogens with one attached hydrogen (secondary N) is 1. The summed E-state index contributed by atoms with van der Waals surface area (Å²) in [5.74, 6) is 0.108. The predicted octanol–water partition coefficient (Wildman–Crippen LogP) is 3.64. The number of carbonyl (C=O) groups excluding carboxylic acids is 1. The molecule has 1 heterocycles. The number of amides is 1. The lowest BCUT2D eigenvalue weighted by atomic mass is 10.1. The van der Waals surface area contributed by atoms with E-state index in [0.29, 0.717) is 10.6 Å². The molecule has 0 saturated carbocycles. The van der Waals surface area contributed by atoms with Crippen molar-refractivity contribution in [3.63, 3.8) is 0 Å². The van der Waals surface area contributed by atoms with Crippen LogP contribution in [-0.2, 0) is 4.79 Å². The van der Waals surface area contributed by atoms with E-state index in [4.69, 9.17) is 4.74 Å². The first-order chi connectivity index (χ1) is 13.4. The van der Waals surface area contributed by atoms with E-state index < -0.39 is 27.1 Å². The summed E-state index contributed by atoms with van der Waals surface area (Å²) in [6.45, 7) is -0.221. The zero-order valence-corrected chi connectivity index (χ0v) is 14.9. The second-order valence-corrected chi connectivity index (χ2v) is 6.46. The molecule has 0 unspecified atom stereocenters. The minimum Gasteiger partial charge on any atom is -0.484 e. The molecule has 1 aromatic heterocycles. The average Bonchev–Trinajstić information content (AvgIpc) is 3.15. The van der Waals surface area contributed by atoms with Gasteiger partial charge in [0.05, 0.1) is 20.8 Å². The molecule has 0 aliphatic rings. The summed E-state index contributed by atoms with van der Waals surface area (Å²) in [4.78, 5) is 37.0. The van der Waals surface area contributed by atoms with Crippen LogP contribution in [0.5, 0.6) is 5.75 Å². The molecule has 0 saturated heterocycles. The van der Waals surface area contributed by atoms with Gasteiger partial charge in [-0.3, -0.25) is 30.3 Å². The monoisotopic (exact) mass is 400 g/mol. The van der Waals surface area contributed by atoms with Gasteiger partial charge >= 0.3 is 0 Å². The molecule has 3 aromatic rings. The molecule has 0 fully saturated rings. The molecular weight excluding hydrogens is 388 g/mol. The molecule has 0 radical (unpaired) electrons. The molecule has 0 atom stereocenters. The number of non-ortho nitro benzene ring substituents is 2. The Balaban J connectivity index is 1.72. The molecule has 10 nitrogen and oxygen atoms in total. The molecule has 142 valence electrons. The highest BCUT2D eigenvalue weighted by atomic mass is 32.1. The highest BCUT2D eigenvalue weighted by Gasteiger charge is 2.18. The molecule has 1 amide bonds.